The second-order valence-electron chi connectivity index (χ2n) is 3.39. The standard InChI is InChI=1S/C9H16O3/c1-12-5-4-9(11)7-2-3-8(10)6-7/h7,9,11H,2-6H2,1H3/t7-,9?/m0/s1. The normalized spacial score (nSPS) is 26.2. The molecular weight excluding hydrogens is 156 g/mol. The lowest BCUT2D eigenvalue weighted by Crippen LogP contribution is -2.19. The zero-order chi connectivity index (χ0) is 8.97. The molecule has 3 nitrogen and oxygen atoms in total. The fraction of sp³-hybridized carbons (Fsp3) is 0.889. The van der Waals surface area contributed by atoms with Gasteiger partial charge in [0, 0.05) is 26.6 Å². The van der Waals surface area contributed by atoms with Crippen molar-refractivity contribution in [3.63, 3.8) is 0 Å². The number of ether oxygens (including phenoxy) is 1. The molecule has 1 N–H and O–H groups in total. The summed E-state index contributed by atoms with van der Waals surface area (Å²) in [6.07, 6.45) is 2.36. The molecule has 1 rings (SSSR count). The van der Waals surface area contributed by atoms with Crippen LogP contribution in [0.2, 0.25) is 0 Å². The van der Waals surface area contributed by atoms with Crippen molar-refractivity contribution in [3.8, 4) is 0 Å². The van der Waals surface area contributed by atoms with Gasteiger partial charge in [-0.1, -0.05) is 0 Å². The number of hydrogen-bond acceptors (Lipinski definition) is 3. The number of Topliss-reactive ketones (excluding diaryl/α,β-unsaturated/α-hetero) is 1. The van der Waals surface area contributed by atoms with Crippen LogP contribution >= 0.6 is 0 Å². The Balaban J connectivity index is 2.23. The van der Waals surface area contributed by atoms with Crippen LogP contribution < -0.4 is 0 Å². The van der Waals surface area contributed by atoms with Gasteiger partial charge in [0.25, 0.3) is 0 Å². The summed E-state index contributed by atoms with van der Waals surface area (Å²) in [5, 5.41) is 9.57. The molecule has 1 aliphatic rings. The number of carbonyl (C=O) groups is 1. The van der Waals surface area contributed by atoms with E-state index in [2.05, 4.69) is 0 Å². The Labute approximate surface area is 72.7 Å². The van der Waals surface area contributed by atoms with E-state index in [0.717, 1.165) is 6.42 Å². The molecule has 0 heterocycles. The lowest BCUT2D eigenvalue weighted by atomic mass is 9.99. The van der Waals surface area contributed by atoms with E-state index >= 15 is 0 Å². The fourth-order valence-corrected chi connectivity index (χ4v) is 1.65. The summed E-state index contributed by atoms with van der Waals surface area (Å²) >= 11 is 0. The minimum absolute atomic E-state index is 0.188. The first kappa shape index (κ1) is 9.68. The van der Waals surface area contributed by atoms with Gasteiger partial charge < -0.3 is 9.84 Å². The minimum Gasteiger partial charge on any atom is -0.393 e. The Bertz CT molecular complexity index is 156. The quantitative estimate of drug-likeness (QED) is 0.680. The third-order valence-corrected chi connectivity index (χ3v) is 2.45. The van der Waals surface area contributed by atoms with Crippen LogP contribution in [0, 0.1) is 5.92 Å². The van der Waals surface area contributed by atoms with Gasteiger partial charge in [-0.25, -0.2) is 0 Å². The highest BCUT2D eigenvalue weighted by atomic mass is 16.5. The van der Waals surface area contributed by atoms with Crippen molar-refractivity contribution in [1.29, 1.82) is 0 Å². The van der Waals surface area contributed by atoms with Crippen LogP contribution in [-0.2, 0) is 9.53 Å². The van der Waals surface area contributed by atoms with Crippen LogP contribution in [0.25, 0.3) is 0 Å². The van der Waals surface area contributed by atoms with E-state index in [1.54, 1.807) is 7.11 Å². The summed E-state index contributed by atoms with van der Waals surface area (Å²) in [7, 11) is 1.62. The summed E-state index contributed by atoms with van der Waals surface area (Å²) in [5.74, 6) is 0.476. The molecule has 0 bridgehead atoms. The van der Waals surface area contributed by atoms with E-state index in [1.807, 2.05) is 0 Å². The third kappa shape index (κ3) is 2.57. The highest BCUT2D eigenvalue weighted by molar-refractivity contribution is 5.80. The first-order chi connectivity index (χ1) is 5.74. The monoisotopic (exact) mass is 172 g/mol. The Hall–Kier alpha value is -0.410. The van der Waals surface area contributed by atoms with Crippen molar-refractivity contribution >= 4 is 5.78 Å². The number of carbonyl (C=O) groups excluding carboxylic acids is 1. The van der Waals surface area contributed by atoms with Gasteiger partial charge in [-0.05, 0) is 18.8 Å². The van der Waals surface area contributed by atoms with Crippen LogP contribution in [0.5, 0.6) is 0 Å². The summed E-state index contributed by atoms with van der Waals surface area (Å²) in [4.78, 5) is 10.9. The topological polar surface area (TPSA) is 46.5 Å². The van der Waals surface area contributed by atoms with Crippen molar-refractivity contribution in [2.24, 2.45) is 5.92 Å². The number of ketones is 1. The molecule has 0 amide bonds. The molecule has 0 aromatic carbocycles. The van der Waals surface area contributed by atoms with Crippen LogP contribution in [0.4, 0.5) is 0 Å². The molecule has 1 saturated carbocycles. The van der Waals surface area contributed by atoms with E-state index < -0.39 is 0 Å². The van der Waals surface area contributed by atoms with Gasteiger partial charge in [0.05, 0.1) is 6.10 Å². The van der Waals surface area contributed by atoms with E-state index in [1.165, 1.54) is 0 Å². The fourth-order valence-electron chi connectivity index (χ4n) is 1.65. The molecule has 0 saturated heterocycles. The van der Waals surface area contributed by atoms with Crippen LogP contribution in [-0.4, -0.2) is 30.7 Å². The molecule has 1 unspecified atom stereocenters. The van der Waals surface area contributed by atoms with Gasteiger partial charge in [-0.2, -0.15) is 0 Å². The van der Waals surface area contributed by atoms with Crippen LogP contribution in [0.3, 0.4) is 0 Å². The first-order valence-electron chi connectivity index (χ1n) is 4.42. The molecule has 12 heavy (non-hydrogen) atoms. The highest BCUT2D eigenvalue weighted by Crippen LogP contribution is 2.26. The van der Waals surface area contributed by atoms with E-state index in [4.69, 9.17) is 4.74 Å². The average Bonchev–Trinajstić information content (AvgIpc) is 2.47. The zero-order valence-corrected chi connectivity index (χ0v) is 7.45. The molecule has 0 aliphatic heterocycles. The predicted molar refractivity (Wildman–Crippen MR) is 44.8 cm³/mol. The van der Waals surface area contributed by atoms with Crippen molar-refractivity contribution in [3.05, 3.63) is 0 Å². The smallest absolute Gasteiger partial charge is 0.133 e. The summed E-state index contributed by atoms with van der Waals surface area (Å²) < 4.78 is 4.85. The molecule has 0 aromatic heterocycles. The molecule has 1 fully saturated rings. The van der Waals surface area contributed by atoms with Gasteiger partial charge >= 0.3 is 0 Å². The summed E-state index contributed by atoms with van der Waals surface area (Å²) in [6, 6.07) is 0. The summed E-state index contributed by atoms with van der Waals surface area (Å²) in [5.41, 5.74) is 0. The number of aliphatic hydroxyl groups is 1. The van der Waals surface area contributed by atoms with Crippen molar-refractivity contribution < 1.29 is 14.6 Å². The number of rotatable bonds is 4. The van der Waals surface area contributed by atoms with Gasteiger partial charge in [-0.3, -0.25) is 4.79 Å². The molecule has 1 aliphatic carbocycles. The van der Waals surface area contributed by atoms with E-state index in [-0.39, 0.29) is 17.8 Å². The van der Waals surface area contributed by atoms with Gasteiger partial charge in [0.2, 0.25) is 0 Å². The van der Waals surface area contributed by atoms with Crippen molar-refractivity contribution in [2.75, 3.05) is 13.7 Å². The maximum absolute atomic E-state index is 10.9. The average molecular weight is 172 g/mol. The Morgan fingerprint density at radius 2 is 2.50 bits per heavy atom. The van der Waals surface area contributed by atoms with E-state index in [0.29, 0.717) is 25.9 Å². The van der Waals surface area contributed by atoms with Gasteiger partial charge in [0.15, 0.2) is 0 Å². The lowest BCUT2D eigenvalue weighted by molar-refractivity contribution is -0.117. The highest BCUT2D eigenvalue weighted by Gasteiger charge is 2.27. The predicted octanol–water partition coefficient (Wildman–Crippen LogP) is 0.753. The Kier molecular flexibility index (Phi) is 3.69. The Morgan fingerprint density at radius 3 is 3.00 bits per heavy atom. The second-order valence-corrected chi connectivity index (χ2v) is 3.39. The molecule has 2 atom stereocenters. The number of hydrogen-bond donors (Lipinski definition) is 1. The number of methoxy groups -OCH3 is 1. The maximum Gasteiger partial charge on any atom is 0.133 e. The second kappa shape index (κ2) is 4.58. The molecule has 3 heteroatoms. The maximum atomic E-state index is 10.9. The van der Waals surface area contributed by atoms with Gasteiger partial charge in [-0.15, -0.1) is 0 Å². The minimum atomic E-state index is -0.351. The molecule has 70 valence electrons. The molecule has 0 spiro atoms. The Morgan fingerprint density at radius 1 is 1.75 bits per heavy atom. The van der Waals surface area contributed by atoms with Gasteiger partial charge in [0.1, 0.15) is 5.78 Å². The SMILES string of the molecule is COCCC(O)[C@H]1CCC(=O)C1. The first-order valence-corrected chi connectivity index (χ1v) is 4.42. The van der Waals surface area contributed by atoms with Crippen molar-refractivity contribution in [1.82, 2.24) is 0 Å². The van der Waals surface area contributed by atoms with E-state index in [9.17, 15) is 9.90 Å². The molecule has 0 radical (unpaired) electrons. The summed E-state index contributed by atoms with van der Waals surface area (Å²) in [6.45, 7) is 0.575. The third-order valence-electron chi connectivity index (χ3n) is 2.45. The van der Waals surface area contributed by atoms with Crippen LogP contribution in [0.15, 0.2) is 0 Å². The van der Waals surface area contributed by atoms with Crippen LogP contribution in [0.1, 0.15) is 25.7 Å². The lowest BCUT2D eigenvalue weighted by Gasteiger charge is -2.15. The number of aliphatic hydroxyl groups excluding tert-OH is 1. The largest absolute Gasteiger partial charge is 0.393 e. The molecule has 0 aromatic rings. The zero-order valence-electron chi connectivity index (χ0n) is 7.45. The van der Waals surface area contributed by atoms with Crippen molar-refractivity contribution in [2.45, 2.75) is 31.8 Å². The molecular formula is C9H16O3.